The highest BCUT2D eigenvalue weighted by atomic mass is 32.1. The van der Waals surface area contributed by atoms with E-state index in [-0.39, 0.29) is 24.4 Å². The molecule has 9 nitrogen and oxygen atoms in total. The fourth-order valence-electron chi connectivity index (χ4n) is 3.73. The number of carbonyl (C=O) groups excluding carboxylic acids is 1. The maximum atomic E-state index is 13.2. The molecule has 5 rings (SSSR count). The molecule has 1 N–H and O–H groups in total. The molecule has 0 radical (unpaired) electrons. The SMILES string of the molecule is Cc1ccc(-c2csc3ncn(CCC(=O)Nc4cccc(-c5nnnn5C)c4)c(=O)c23)cc1. The van der Waals surface area contributed by atoms with Gasteiger partial charge in [0, 0.05) is 42.2 Å². The van der Waals surface area contributed by atoms with Crippen LogP contribution < -0.4 is 10.9 Å². The van der Waals surface area contributed by atoms with Gasteiger partial charge in [0.15, 0.2) is 5.82 Å². The van der Waals surface area contributed by atoms with Gasteiger partial charge in [-0.1, -0.05) is 42.0 Å². The van der Waals surface area contributed by atoms with E-state index in [4.69, 9.17) is 0 Å². The van der Waals surface area contributed by atoms with Crippen molar-refractivity contribution in [1.29, 1.82) is 0 Å². The van der Waals surface area contributed by atoms with Crippen LogP contribution in [-0.2, 0) is 18.4 Å². The van der Waals surface area contributed by atoms with Gasteiger partial charge in [-0.05, 0) is 35.0 Å². The molecule has 3 heterocycles. The third kappa shape index (κ3) is 4.23. The standard InChI is InChI=1S/C24H21N7O2S/c1-15-6-8-16(9-7-15)19-13-34-23-21(19)24(33)31(14-25-23)11-10-20(32)26-18-5-3-4-17(12-18)22-27-28-29-30(22)2/h3-9,12-14H,10-11H2,1-2H3,(H,26,32). The summed E-state index contributed by atoms with van der Waals surface area (Å²) < 4.78 is 3.06. The molecule has 0 bridgehead atoms. The minimum absolute atomic E-state index is 0.132. The summed E-state index contributed by atoms with van der Waals surface area (Å²) in [5.41, 5.74) is 4.27. The number of tetrazole rings is 1. The van der Waals surface area contributed by atoms with Crippen LogP contribution in [0.5, 0.6) is 0 Å². The average Bonchev–Trinajstić information content (AvgIpc) is 3.46. The third-order valence-corrected chi connectivity index (χ3v) is 6.41. The smallest absolute Gasteiger partial charge is 0.262 e. The molecule has 10 heteroatoms. The maximum absolute atomic E-state index is 13.2. The van der Waals surface area contributed by atoms with Crippen LogP contribution in [0.2, 0.25) is 0 Å². The molecule has 3 aromatic heterocycles. The molecule has 1 amide bonds. The van der Waals surface area contributed by atoms with Gasteiger partial charge in [0.25, 0.3) is 5.56 Å². The van der Waals surface area contributed by atoms with E-state index in [1.807, 2.05) is 54.8 Å². The Balaban J connectivity index is 1.32. The van der Waals surface area contributed by atoms with Gasteiger partial charge in [-0.3, -0.25) is 14.2 Å². The summed E-state index contributed by atoms with van der Waals surface area (Å²) in [4.78, 5) is 30.9. The van der Waals surface area contributed by atoms with E-state index in [9.17, 15) is 9.59 Å². The lowest BCUT2D eigenvalue weighted by atomic mass is 10.1. The second-order valence-electron chi connectivity index (χ2n) is 7.94. The number of nitrogens with one attached hydrogen (secondary N) is 1. The summed E-state index contributed by atoms with van der Waals surface area (Å²) >= 11 is 1.44. The van der Waals surface area contributed by atoms with Crippen molar-refractivity contribution in [3.63, 3.8) is 0 Å². The van der Waals surface area contributed by atoms with Gasteiger partial charge in [-0.25, -0.2) is 9.67 Å². The zero-order chi connectivity index (χ0) is 23.7. The molecule has 0 fully saturated rings. The predicted molar refractivity (Wildman–Crippen MR) is 132 cm³/mol. The van der Waals surface area contributed by atoms with Crippen molar-refractivity contribution in [3.8, 4) is 22.5 Å². The number of anilines is 1. The Morgan fingerprint density at radius 3 is 2.71 bits per heavy atom. The van der Waals surface area contributed by atoms with Crippen LogP contribution in [0.15, 0.2) is 65.0 Å². The van der Waals surface area contributed by atoms with E-state index < -0.39 is 0 Å². The van der Waals surface area contributed by atoms with Crippen molar-refractivity contribution in [2.45, 2.75) is 19.9 Å². The van der Waals surface area contributed by atoms with Crippen molar-refractivity contribution in [2.75, 3.05) is 5.32 Å². The lowest BCUT2D eigenvalue weighted by Crippen LogP contribution is -2.23. The second-order valence-corrected chi connectivity index (χ2v) is 8.80. The van der Waals surface area contributed by atoms with Crippen LogP contribution in [0.1, 0.15) is 12.0 Å². The number of thiophene rings is 1. The summed E-state index contributed by atoms with van der Waals surface area (Å²) in [7, 11) is 1.75. The monoisotopic (exact) mass is 471 g/mol. The minimum atomic E-state index is -0.204. The second kappa shape index (κ2) is 8.99. The number of aromatic nitrogens is 6. The fraction of sp³-hybridized carbons (Fsp3) is 0.167. The Bertz CT molecular complexity index is 1550. The molecule has 0 aliphatic heterocycles. The van der Waals surface area contributed by atoms with Gasteiger partial charge < -0.3 is 5.32 Å². The zero-order valence-corrected chi connectivity index (χ0v) is 19.4. The molecule has 170 valence electrons. The first-order valence-corrected chi connectivity index (χ1v) is 11.5. The number of nitrogens with zero attached hydrogens (tertiary/aromatic N) is 6. The highest BCUT2D eigenvalue weighted by molar-refractivity contribution is 7.17. The predicted octanol–water partition coefficient (Wildman–Crippen LogP) is 3.65. The van der Waals surface area contributed by atoms with Gasteiger partial charge in [0.2, 0.25) is 5.91 Å². The summed E-state index contributed by atoms with van der Waals surface area (Å²) in [6.07, 6.45) is 1.64. The van der Waals surface area contributed by atoms with Crippen LogP contribution in [0.25, 0.3) is 32.7 Å². The lowest BCUT2D eigenvalue weighted by Gasteiger charge is -2.09. The molecule has 0 atom stereocenters. The highest BCUT2D eigenvalue weighted by Crippen LogP contribution is 2.30. The van der Waals surface area contributed by atoms with E-state index in [1.54, 1.807) is 17.8 Å². The molecule has 0 saturated carbocycles. The van der Waals surface area contributed by atoms with Gasteiger partial charge >= 0.3 is 0 Å². The highest BCUT2D eigenvalue weighted by Gasteiger charge is 2.14. The van der Waals surface area contributed by atoms with Crippen molar-refractivity contribution in [1.82, 2.24) is 29.8 Å². The van der Waals surface area contributed by atoms with Gasteiger partial charge in [0.05, 0.1) is 11.7 Å². The molecule has 0 aliphatic rings. The van der Waals surface area contributed by atoms with Crippen LogP contribution in [-0.4, -0.2) is 35.7 Å². The molecule has 2 aromatic carbocycles. The molecule has 5 aromatic rings. The first kappa shape index (κ1) is 21.7. The topological polar surface area (TPSA) is 108 Å². The van der Waals surface area contributed by atoms with Crippen LogP contribution >= 0.6 is 11.3 Å². The summed E-state index contributed by atoms with van der Waals surface area (Å²) in [6, 6.07) is 15.4. The normalized spacial score (nSPS) is 11.1. The molecular formula is C24H21N7O2S. The molecule has 0 spiro atoms. The Hall–Kier alpha value is -4.18. The number of hydrogen-bond acceptors (Lipinski definition) is 7. The third-order valence-electron chi connectivity index (χ3n) is 5.53. The number of aryl methyl sites for hydroxylation is 3. The fourth-order valence-corrected chi connectivity index (χ4v) is 4.63. The van der Waals surface area contributed by atoms with Gasteiger partial charge in [0.1, 0.15) is 4.83 Å². The first-order valence-electron chi connectivity index (χ1n) is 10.7. The maximum Gasteiger partial charge on any atom is 0.262 e. The van der Waals surface area contributed by atoms with E-state index in [1.165, 1.54) is 22.2 Å². The van der Waals surface area contributed by atoms with E-state index in [0.717, 1.165) is 22.3 Å². The molecular weight excluding hydrogens is 450 g/mol. The lowest BCUT2D eigenvalue weighted by molar-refractivity contribution is -0.116. The van der Waals surface area contributed by atoms with Crippen LogP contribution in [0.4, 0.5) is 5.69 Å². The van der Waals surface area contributed by atoms with E-state index >= 15 is 0 Å². The van der Waals surface area contributed by atoms with Crippen molar-refractivity contribution >= 4 is 33.1 Å². The average molecular weight is 472 g/mol. The zero-order valence-electron chi connectivity index (χ0n) is 18.6. The van der Waals surface area contributed by atoms with Crippen LogP contribution in [0.3, 0.4) is 0 Å². The summed E-state index contributed by atoms with van der Waals surface area (Å²) in [5, 5.41) is 16.9. The molecule has 34 heavy (non-hydrogen) atoms. The number of rotatable bonds is 6. The summed E-state index contributed by atoms with van der Waals surface area (Å²) in [6.45, 7) is 2.25. The quantitative estimate of drug-likeness (QED) is 0.405. The number of carbonyl (C=O) groups is 1. The van der Waals surface area contributed by atoms with E-state index in [2.05, 4.69) is 25.8 Å². The van der Waals surface area contributed by atoms with Crippen molar-refractivity contribution in [2.24, 2.45) is 7.05 Å². The molecule has 0 unspecified atom stereocenters. The molecule has 0 saturated heterocycles. The largest absolute Gasteiger partial charge is 0.326 e. The minimum Gasteiger partial charge on any atom is -0.326 e. The first-order chi connectivity index (χ1) is 16.5. The number of hydrogen-bond donors (Lipinski definition) is 1. The number of benzene rings is 2. The van der Waals surface area contributed by atoms with Crippen molar-refractivity contribution in [3.05, 3.63) is 76.2 Å². The van der Waals surface area contributed by atoms with Crippen molar-refractivity contribution < 1.29 is 4.79 Å². The van der Waals surface area contributed by atoms with Gasteiger partial charge in [-0.2, -0.15) is 0 Å². The Labute approximate surface area is 198 Å². The Kier molecular flexibility index (Phi) is 5.72. The Morgan fingerprint density at radius 1 is 1.12 bits per heavy atom. The van der Waals surface area contributed by atoms with Crippen LogP contribution in [0, 0.1) is 6.92 Å². The number of amides is 1. The van der Waals surface area contributed by atoms with E-state index in [0.29, 0.717) is 21.7 Å². The van der Waals surface area contributed by atoms with Gasteiger partial charge in [-0.15, -0.1) is 16.4 Å². The summed E-state index contributed by atoms with van der Waals surface area (Å²) in [5.74, 6) is 0.395. The molecule has 0 aliphatic carbocycles. The Morgan fingerprint density at radius 2 is 1.94 bits per heavy atom. The number of fused-ring (bicyclic) bond motifs is 1.